The minimum Gasteiger partial charge on any atom is -0.508 e. The summed E-state index contributed by atoms with van der Waals surface area (Å²) in [5.41, 5.74) is 1.97. The maximum absolute atomic E-state index is 13.1. The van der Waals surface area contributed by atoms with Gasteiger partial charge >= 0.3 is 0 Å². The van der Waals surface area contributed by atoms with E-state index in [0.29, 0.717) is 11.1 Å². The number of aromatic nitrogens is 1. The second-order valence-corrected chi connectivity index (χ2v) is 9.30. The number of phenols is 2. The lowest BCUT2D eigenvalue weighted by Gasteiger charge is -2.37. The van der Waals surface area contributed by atoms with E-state index in [4.69, 9.17) is 4.74 Å². The quantitative estimate of drug-likeness (QED) is 0.243. The van der Waals surface area contributed by atoms with Crippen molar-refractivity contribution in [3.63, 3.8) is 0 Å². The SMILES string of the molecule is O=c1[nH]c2c3c(c4ccccc4c2c2ccccc12)OC(c1ccc(O)cc1)(c1ccc(O)cc1)C=C3. The Kier molecular flexibility index (Phi) is 4.45. The predicted octanol–water partition coefficient (Wildman–Crippen LogP) is 6.60. The molecule has 37 heavy (non-hydrogen) atoms. The van der Waals surface area contributed by atoms with Crippen LogP contribution in [0.1, 0.15) is 16.7 Å². The smallest absolute Gasteiger partial charge is 0.256 e. The van der Waals surface area contributed by atoms with Crippen molar-refractivity contribution in [1.29, 1.82) is 0 Å². The predicted molar refractivity (Wildman–Crippen MR) is 146 cm³/mol. The number of benzene rings is 5. The number of rotatable bonds is 2. The van der Waals surface area contributed by atoms with Gasteiger partial charge in [0.25, 0.3) is 5.56 Å². The molecule has 0 atom stereocenters. The molecule has 0 radical (unpaired) electrons. The van der Waals surface area contributed by atoms with Crippen molar-refractivity contribution in [3.05, 3.63) is 130 Å². The molecule has 0 fully saturated rings. The molecule has 6 aromatic rings. The summed E-state index contributed by atoms with van der Waals surface area (Å²) in [6, 6.07) is 29.5. The third-order valence-electron chi connectivity index (χ3n) is 7.22. The molecule has 0 saturated heterocycles. The van der Waals surface area contributed by atoms with E-state index in [1.807, 2.05) is 84.9 Å². The van der Waals surface area contributed by atoms with Gasteiger partial charge in [0.1, 0.15) is 17.2 Å². The van der Waals surface area contributed by atoms with E-state index in [1.54, 1.807) is 24.3 Å². The molecule has 1 aromatic heterocycles. The van der Waals surface area contributed by atoms with Gasteiger partial charge in [0.15, 0.2) is 5.60 Å². The van der Waals surface area contributed by atoms with Gasteiger partial charge in [-0.3, -0.25) is 4.79 Å². The van der Waals surface area contributed by atoms with Crippen molar-refractivity contribution < 1.29 is 14.9 Å². The Balaban J connectivity index is 1.59. The summed E-state index contributed by atoms with van der Waals surface area (Å²) >= 11 is 0. The van der Waals surface area contributed by atoms with Crippen LogP contribution in [0.4, 0.5) is 0 Å². The van der Waals surface area contributed by atoms with E-state index in [-0.39, 0.29) is 17.1 Å². The molecule has 1 aliphatic heterocycles. The van der Waals surface area contributed by atoms with Crippen molar-refractivity contribution in [2.75, 3.05) is 0 Å². The van der Waals surface area contributed by atoms with Crippen molar-refractivity contribution in [1.82, 2.24) is 4.98 Å². The standard InChI is InChI=1S/C32H21NO4/c34-21-13-9-19(10-14-21)32(20-11-15-22(35)16-12-20)18-17-27-29-28(23-5-1-3-7-25(23)30(27)37-32)24-6-2-4-8-26(24)31(36)33-29/h1-18,34-35H,(H,33,36). The average molecular weight is 484 g/mol. The van der Waals surface area contributed by atoms with Crippen molar-refractivity contribution in [2.45, 2.75) is 5.60 Å². The van der Waals surface area contributed by atoms with Gasteiger partial charge in [-0.15, -0.1) is 0 Å². The first-order chi connectivity index (χ1) is 18.0. The first-order valence-corrected chi connectivity index (χ1v) is 12.0. The molecule has 5 aromatic carbocycles. The summed E-state index contributed by atoms with van der Waals surface area (Å²) in [6.07, 6.45) is 3.97. The van der Waals surface area contributed by atoms with Gasteiger partial charge in [-0.2, -0.15) is 0 Å². The number of fused-ring (bicyclic) bond motifs is 8. The highest BCUT2D eigenvalue weighted by atomic mass is 16.5. The molecule has 178 valence electrons. The van der Waals surface area contributed by atoms with Gasteiger partial charge in [-0.05, 0) is 53.3 Å². The van der Waals surface area contributed by atoms with Crippen LogP contribution < -0.4 is 10.3 Å². The molecule has 2 heterocycles. The van der Waals surface area contributed by atoms with Crippen LogP contribution in [0.3, 0.4) is 0 Å². The highest BCUT2D eigenvalue weighted by molar-refractivity contribution is 6.22. The molecule has 0 spiro atoms. The van der Waals surface area contributed by atoms with Crippen LogP contribution in [0.25, 0.3) is 38.5 Å². The Morgan fingerprint density at radius 1 is 0.649 bits per heavy atom. The number of nitrogens with one attached hydrogen (secondary N) is 1. The van der Waals surface area contributed by atoms with Gasteiger partial charge < -0.3 is 19.9 Å². The number of hydrogen-bond acceptors (Lipinski definition) is 4. The van der Waals surface area contributed by atoms with Gasteiger partial charge in [-0.1, -0.05) is 66.7 Å². The zero-order chi connectivity index (χ0) is 25.1. The molecule has 5 heteroatoms. The van der Waals surface area contributed by atoms with E-state index in [2.05, 4.69) is 4.98 Å². The van der Waals surface area contributed by atoms with Crippen LogP contribution >= 0.6 is 0 Å². The molecule has 5 nitrogen and oxygen atoms in total. The second-order valence-electron chi connectivity index (χ2n) is 9.30. The lowest BCUT2D eigenvalue weighted by Crippen LogP contribution is -2.34. The number of H-pyrrole nitrogens is 1. The number of aromatic amines is 1. The molecule has 0 saturated carbocycles. The number of aromatic hydroxyl groups is 2. The van der Waals surface area contributed by atoms with E-state index in [9.17, 15) is 15.0 Å². The maximum atomic E-state index is 13.1. The number of phenolic OH excluding ortho intramolecular Hbond substituents is 2. The summed E-state index contributed by atoms with van der Waals surface area (Å²) in [4.78, 5) is 16.2. The van der Waals surface area contributed by atoms with Crippen molar-refractivity contribution in [3.8, 4) is 17.2 Å². The van der Waals surface area contributed by atoms with E-state index in [1.165, 1.54) is 0 Å². The highest BCUT2D eigenvalue weighted by Gasteiger charge is 2.38. The van der Waals surface area contributed by atoms with Gasteiger partial charge in [0.2, 0.25) is 0 Å². The lowest BCUT2D eigenvalue weighted by atomic mass is 9.82. The first kappa shape index (κ1) is 21.3. The second kappa shape index (κ2) is 7.73. The summed E-state index contributed by atoms with van der Waals surface area (Å²) in [6.45, 7) is 0. The Morgan fingerprint density at radius 2 is 1.16 bits per heavy atom. The fraction of sp³-hybridized carbons (Fsp3) is 0.0312. The number of pyridine rings is 1. The normalized spacial score (nSPS) is 14.1. The molecule has 0 aliphatic carbocycles. The minimum absolute atomic E-state index is 0.150. The van der Waals surface area contributed by atoms with Crippen LogP contribution in [0.2, 0.25) is 0 Å². The largest absolute Gasteiger partial charge is 0.508 e. The van der Waals surface area contributed by atoms with Gasteiger partial charge in [-0.25, -0.2) is 0 Å². The first-order valence-electron chi connectivity index (χ1n) is 12.0. The molecule has 0 unspecified atom stereocenters. The molecular formula is C32H21NO4. The monoisotopic (exact) mass is 483 g/mol. The zero-order valence-corrected chi connectivity index (χ0v) is 19.6. The Hall–Kier alpha value is -5.03. The summed E-state index contributed by atoms with van der Waals surface area (Å²) in [5, 5.41) is 24.3. The van der Waals surface area contributed by atoms with Gasteiger partial charge in [0, 0.05) is 32.8 Å². The fourth-order valence-electron chi connectivity index (χ4n) is 5.48. The topological polar surface area (TPSA) is 82.6 Å². The Labute approximate surface area is 211 Å². The zero-order valence-electron chi connectivity index (χ0n) is 19.6. The molecule has 0 amide bonds. The maximum Gasteiger partial charge on any atom is 0.256 e. The van der Waals surface area contributed by atoms with Gasteiger partial charge in [0.05, 0.1) is 5.52 Å². The van der Waals surface area contributed by atoms with Crippen molar-refractivity contribution >= 4 is 38.5 Å². The van der Waals surface area contributed by atoms with E-state index in [0.717, 1.165) is 43.8 Å². The number of ether oxygens (including phenoxy) is 1. The Bertz CT molecular complexity index is 1890. The molecule has 7 rings (SSSR count). The van der Waals surface area contributed by atoms with Crippen LogP contribution in [-0.2, 0) is 5.60 Å². The highest BCUT2D eigenvalue weighted by Crippen LogP contribution is 2.48. The average Bonchev–Trinajstić information content (AvgIpc) is 2.93. The molecular weight excluding hydrogens is 462 g/mol. The van der Waals surface area contributed by atoms with Crippen LogP contribution in [0.5, 0.6) is 17.2 Å². The summed E-state index contributed by atoms with van der Waals surface area (Å²) in [7, 11) is 0. The van der Waals surface area contributed by atoms with Crippen LogP contribution in [-0.4, -0.2) is 15.2 Å². The summed E-state index contributed by atoms with van der Waals surface area (Å²) in [5.74, 6) is 0.967. The fourth-order valence-corrected chi connectivity index (χ4v) is 5.48. The van der Waals surface area contributed by atoms with Crippen LogP contribution in [0, 0.1) is 0 Å². The number of hydrogen-bond donors (Lipinski definition) is 3. The molecule has 1 aliphatic rings. The molecule has 3 N–H and O–H groups in total. The van der Waals surface area contributed by atoms with Crippen molar-refractivity contribution in [2.24, 2.45) is 0 Å². The Morgan fingerprint density at radius 3 is 1.76 bits per heavy atom. The third kappa shape index (κ3) is 3.07. The summed E-state index contributed by atoms with van der Waals surface area (Å²) < 4.78 is 6.97. The lowest BCUT2D eigenvalue weighted by molar-refractivity contribution is 0.164. The molecule has 0 bridgehead atoms. The minimum atomic E-state index is -1.03. The van der Waals surface area contributed by atoms with Crippen LogP contribution in [0.15, 0.2) is 108 Å². The van der Waals surface area contributed by atoms with E-state index >= 15 is 0 Å². The van der Waals surface area contributed by atoms with E-state index < -0.39 is 5.60 Å². The third-order valence-corrected chi connectivity index (χ3v) is 7.22.